The normalized spacial score (nSPS) is 24.9. The van der Waals surface area contributed by atoms with Crippen molar-refractivity contribution in [2.75, 3.05) is 5.73 Å². The van der Waals surface area contributed by atoms with E-state index in [-0.39, 0.29) is 12.2 Å². The molecule has 2 rings (SSSR count). The lowest BCUT2D eigenvalue weighted by atomic mass is 9.71. The summed E-state index contributed by atoms with van der Waals surface area (Å²) in [4.78, 5) is 8.25. The Bertz CT molecular complexity index is 488. The van der Waals surface area contributed by atoms with Gasteiger partial charge in [0.05, 0.1) is 6.10 Å². The van der Waals surface area contributed by atoms with Crippen molar-refractivity contribution in [1.82, 2.24) is 9.97 Å². The average molecular weight is 293 g/mol. The highest BCUT2D eigenvalue weighted by Gasteiger charge is 2.33. The van der Waals surface area contributed by atoms with Gasteiger partial charge in [-0.05, 0) is 44.4 Å². The molecule has 0 radical (unpaired) electrons. The highest BCUT2D eigenvalue weighted by Crippen LogP contribution is 2.40. The van der Waals surface area contributed by atoms with Crippen molar-refractivity contribution in [2.45, 2.75) is 66.1 Å². The van der Waals surface area contributed by atoms with Gasteiger partial charge in [-0.2, -0.15) is 9.97 Å². The maximum Gasteiger partial charge on any atom is 0.244 e. The van der Waals surface area contributed by atoms with Crippen LogP contribution in [0.2, 0.25) is 0 Å². The van der Waals surface area contributed by atoms with E-state index in [0.29, 0.717) is 28.8 Å². The molecule has 0 spiro atoms. The van der Waals surface area contributed by atoms with Gasteiger partial charge in [-0.1, -0.05) is 20.8 Å². The third kappa shape index (κ3) is 4.22. The Kier molecular flexibility index (Phi) is 4.59. The van der Waals surface area contributed by atoms with Crippen molar-refractivity contribution in [1.29, 1.82) is 0 Å². The van der Waals surface area contributed by atoms with Crippen LogP contribution in [0.1, 0.15) is 53.9 Å². The fourth-order valence-corrected chi connectivity index (χ4v) is 3.28. The van der Waals surface area contributed by atoms with E-state index in [9.17, 15) is 0 Å². The lowest BCUT2D eigenvalue weighted by Crippen LogP contribution is -2.34. The van der Waals surface area contributed by atoms with Gasteiger partial charge in [0.1, 0.15) is 12.4 Å². The van der Waals surface area contributed by atoms with Crippen molar-refractivity contribution in [3.8, 4) is 11.8 Å². The van der Waals surface area contributed by atoms with Gasteiger partial charge in [0.2, 0.25) is 11.8 Å². The second kappa shape index (κ2) is 6.08. The number of hydrogen-bond donors (Lipinski definition) is 1. The van der Waals surface area contributed by atoms with Crippen LogP contribution in [0, 0.1) is 11.3 Å². The summed E-state index contributed by atoms with van der Waals surface area (Å²) in [6.07, 6.45) is 4.89. The molecule has 2 unspecified atom stereocenters. The van der Waals surface area contributed by atoms with Gasteiger partial charge in [-0.3, -0.25) is 0 Å². The summed E-state index contributed by atoms with van der Waals surface area (Å²) >= 11 is 0. The molecule has 1 heterocycles. The number of nitrogens with two attached hydrogens (primary N) is 1. The monoisotopic (exact) mass is 293 g/mol. The smallest absolute Gasteiger partial charge is 0.244 e. The largest absolute Gasteiger partial charge is 0.473 e. The molecule has 0 bridgehead atoms. The second-order valence-corrected chi connectivity index (χ2v) is 7.22. The van der Waals surface area contributed by atoms with Crippen molar-refractivity contribution in [2.24, 2.45) is 11.3 Å². The highest BCUT2D eigenvalue weighted by molar-refractivity contribution is 5.55. The van der Waals surface area contributed by atoms with Crippen LogP contribution < -0.4 is 15.2 Å². The van der Waals surface area contributed by atoms with E-state index < -0.39 is 0 Å². The number of rotatable bonds is 4. The first-order valence-electron chi connectivity index (χ1n) is 7.70. The van der Waals surface area contributed by atoms with E-state index >= 15 is 0 Å². The van der Waals surface area contributed by atoms with E-state index in [4.69, 9.17) is 15.2 Å². The molecule has 2 atom stereocenters. The summed E-state index contributed by atoms with van der Waals surface area (Å²) < 4.78 is 11.6. The molecule has 0 aromatic carbocycles. The average Bonchev–Trinajstić information content (AvgIpc) is 2.31. The van der Waals surface area contributed by atoms with Gasteiger partial charge < -0.3 is 15.2 Å². The lowest BCUT2D eigenvalue weighted by molar-refractivity contribution is 0.0534. The van der Waals surface area contributed by atoms with Crippen molar-refractivity contribution in [3.63, 3.8) is 0 Å². The van der Waals surface area contributed by atoms with Gasteiger partial charge in [-0.15, -0.1) is 0 Å². The summed E-state index contributed by atoms with van der Waals surface area (Å²) in [5, 5.41) is 0. The topological polar surface area (TPSA) is 70.3 Å². The first-order chi connectivity index (χ1) is 9.77. The Balaban J connectivity index is 2.12. The molecule has 1 saturated carbocycles. The standard InChI is InChI=1S/C16H27N3O2/c1-10(2)20-14-13(17)15(19-9-18-14)21-12-6-11(3)7-16(4,5)8-12/h9-12H,6-8,17H2,1-5H3. The number of ether oxygens (including phenoxy) is 2. The Morgan fingerprint density at radius 2 is 1.90 bits per heavy atom. The minimum atomic E-state index is 0.0173. The van der Waals surface area contributed by atoms with Gasteiger partial charge >= 0.3 is 0 Å². The predicted molar refractivity (Wildman–Crippen MR) is 83.4 cm³/mol. The van der Waals surface area contributed by atoms with Gasteiger partial charge in [0.25, 0.3) is 0 Å². The molecule has 0 amide bonds. The summed E-state index contributed by atoms with van der Waals surface area (Å²) in [6.45, 7) is 10.7. The van der Waals surface area contributed by atoms with E-state index in [0.717, 1.165) is 12.8 Å². The molecule has 118 valence electrons. The number of aromatic nitrogens is 2. The maximum atomic E-state index is 6.08. The zero-order chi connectivity index (χ0) is 15.6. The van der Waals surface area contributed by atoms with Crippen LogP contribution in [0.5, 0.6) is 11.8 Å². The molecule has 5 nitrogen and oxygen atoms in total. The minimum Gasteiger partial charge on any atom is -0.473 e. The van der Waals surface area contributed by atoms with Crippen LogP contribution in [0.3, 0.4) is 0 Å². The van der Waals surface area contributed by atoms with E-state index in [1.165, 1.54) is 12.7 Å². The summed E-state index contributed by atoms with van der Waals surface area (Å²) in [5.74, 6) is 1.49. The SMILES string of the molecule is CC1CC(Oc2ncnc(OC(C)C)c2N)CC(C)(C)C1. The zero-order valence-corrected chi connectivity index (χ0v) is 13.7. The number of nitrogen functional groups attached to an aromatic ring is 1. The van der Waals surface area contributed by atoms with Crippen molar-refractivity contribution >= 4 is 5.69 Å². The van der Waals surface area contributed by atoms with Crippen LogP contribution in [0.25, 0.3) is 0 Å². The van der Waals surface area contributed by atoms with E-state index in [1.54, 1.807) is 0 Å². The summed E-state index contributed by atoms with van der Waals surface area (Å²) in [6, 6.07) is 0. The molecule has 21 heavy (non-hydrogen) atoms. The Morgan fingerprint density at radius 1 is 1.24 bits per heavy atom. The van der Waals surface area contributed by atoms with Gasteiger partial charge in [-0.25, -0.2) is 0 Å². The molecule has 1 fully saturated rings. The van der Waals surface area contributed by atoms with Gasteiger partial charge in [0.15, 0.2) is 5.69 Å². The van der Waals surface area contributed by atoms with E-state index in [2.05, 4.69) is 30.7 Å². The van der Waals surface area contributed by atoms with Crippen molar-refractivity contribution < 1.29 is 9.47 Å². The predicted octanol–water partition coefficient (Wildman–Crippen LogP) is 3.44. The Morgan fingerprint density at radius 3 is 2.52 bits per heavy atom. The first kappa shape index (κ1) is 15.9. The third-order valence-corrected chi connectivity index (χ3v) is 3.78. The minimum absolute atomic E-state index is 0.0173. The summed E-state index contributed by atoms with van der Waals surface area (Å²) in [7, 11) is 0. The number of anilines is 1. The molecule has 1 aliphatic carbocycles. The van der Waals surface area contributed by atoms with Crippen molar-refractivity contribution in [3.05, 3.63) is 6.33 Å². The fourth-order valence-electron chi connectivity index (χ4n) is 3.28. The Labute approximate surface area is 127 Å². The fraction of sp³-hybridized carbons (Fsp3) is 0.750. The van der Waals surface area contributed by atoms with Crippen LogP contribution >= 0.6 is 0 Å². The summed E-state index contributed by atoms with van der Waals surface area (Å²) in [5.41, 5.74) is 6.76. The third-order valence-electron chi connectivity index (χ3n) is 3.78. The van der Waals surface area contributed by atoms with Gasteiger partial charge in [0, 0.05) is 0 Å². The number of hydrogen-bond acceptors (Lipinski definition) is 5. The zero-order valence-electron chi connectivity index (χ0n) is 13.7. The molecule has 5 heteroatoms. The van der Waals surface area contributed by atoms with Crippen LogP contribution in [0.15, 0.2) is 6.33 Å². The second-order valence-electron chi connectivity index (χ2n) is 7.22. The quantitative estimate of drug-likeness (QED) is 0.920. The number of nitrogens with zero attached hydrogens (tertiary/aromatic N) is 2. The highest BCUT2D eigenvalue weighted by atomic mass is 16.5. The molecular weight excluding hydrogens is 266 g/mol. The maximum absolute atomic E-state index is 6.08. The molecule has 1 aromatic rings. The van der Waals surface area contributed by atoms with E-state index in [1.807, 2.05) is 13.8 Å². The molecule has 2 N–H and O–H groups in total. The molecule has 1 aliphatic rings. The molecule has 0 aliphatic heterocycles. The first-order valence-corrected chi connectivity index (χ1v) is 7.70. The van der Waals surface area contributed by atoms with Crippen LogP contribution in [-0.2, 0) is 0 Å². The Hall–Kier alpha value is -1.52. The molecule has 1 aromatic heterocycles. The molecule has 0 saturated heterocycles. The molecular formula is C16H27N3O2. The van der Waals surface area contributed by atoms with Crippen LogP contribution in [0.4, 0.5) is 5.69 Å². The lowest BCUT2D eigenvalue weighted by Gasteiger charge is -2.38. The van der Waals surface area contributed by atoms with Crippen LogP contribution in [-0.4, -0.2) is 22.2 Å².